The first kappa shape index (κ1) is 14.2. The van der Waals surface area contributed by atoms with E-state index < -0.39 is 0 Å². The van der Waals surface area contributed by atoms with Gasteiger partial charge in [-0.1, -0.05) is 37.0 Å². The minimum atomic E-state index is 0.0356. The molecular formula is C12H17ClN2OS. The maximum absolute atomic E-state index is 8.59. The Morgan fingerprint density at radius 3 is 2.82 bits per heavy atom. The predicted octanol–water partition coefficient (Wildman–Crippen LogP) is 3.57. The number of nitrogens with zero attached hydrogens (tertiary/aromatic N) is 1. The van der Waals surface area contributed by atoms with Crippen LogP contribution in [0.25, 0.3) is 0 Å². The Labute approximate surface area is 111 Å². The summed E-state index contributed by atoms with van der Waals surface area (Å²) in [6, 6.07) is 5.56. The van der Waals surface area contributed by atoms with Crippen molar-refractivity contribution in [1.29, 1.82) is 0 Å². The maximum atomic E-state index is 8.59. The van der Waals surface area contributed by atoms with Gasteiger partial charge in [0.25, 0.3) is 0 Å². The van der Waals surface area contributed by atoms with Gasteiger partial charge in [-0.2, -0.15) is 0 Å². The van der Waals surface area contributed by atoms with E-state index in [-0.39, 0.29) is 5.84 Å². The van der Waals surface area contributed by atoms with E-state index in [1.165, 1.54) is 6.42 Å². The van der Waals surface area contributed by atoms with Crippen molar-refractivity contribution in [2.45, 2.75) is 25.2 Å². The highest BCUT2D eigenvalue weighted by Crippen LogP contribution is 2.26. The molecule has 0 aromatic heterocycles. The molecule has 0 bridgehead atoms. The molecule has 5 heteroatoms. The molecular weight excluding hydrogens is 256 g/mol. The topological polar surface area (TPSA) is 58.6 Å². The van der Waals surface area contributed by atoms with E-state index in [1.807, 2.05) is 12.1 Å². The molecule has 1 unspecified atom stereocenters. The minimum absolute atomic E-state index is 0.0356. The summed E-state index contributed by atoms with van der Waals surface area (Å²) in [5.74, 6) is 1.78. The Bertz CT molecular complexity index is 409. The Kier molecular flexibility index (Phi) is 5.65. The number of oxime groups is 1. The molecule has 1 aromatic rings. The lowest BCUT2D eigenvalue weighted by Crippen LogP contribution is -2.13. The summed E-state index contributed by atoms with van der Waals surface area (Å²) in [5, 5.41) is 12.0. The van der Waals surface area contributed by atoms with Gasteiger partial charge >= 0.3 is 0 Å². The van der Waals surface area contributed by atoms with Crippen LogP contribution in [0.2, 0.25) is 5.02 Å². The number of thioether (sulfide) groups is 1. The molecule has 0 aliphatic heterocycles. The van der Waals surface area contributed by atoms with Crippen LogP contribution in [-0.2, 0) is 0 Å². The standard InChI is InChI=1S/C12H17ClN2OS/c1-3-8(2)7-17-9-4-5-10(11(13)6-9)12(14)15-16/h4-6,8,16H,3,7H2,1-2H3,(H2,14,15). The van der Waals surface area contributed by atoms with Gasteiger partial charge in [0.05, 0.1) is 5.02 Å². The van der Waals surface area contributed by atoms with Gasteiger partial charge in [0.1, 0.15) is 0 Å². The summed E-state index contributed by atoms with van der Waals surface area (Å²) in [7, 11) is 0. The summed E-state index contributed by atoms with van der Waals surface area (Å²) in [5.41, 5.74) is 6.06. The third-order valence-corrected chi connectivity index (χ3v) is 4.19. The molecule has 0 radical (unpaired) electrons. The van der Waals surface area contributed by atoms with Crippen molar-refractivity contribution in [3.63, 3.8) is 0 Å². The summed E-state index contributed by atoms with van der Waals surface area (Å²) in [4.78, 5) is 1.10. The fraction of sp³-hybridized carbons (Fsp3) is 0.417. The molecule has 1 atom stereocenters. The first-order chi connectivity index (χ1) is 8.08. The Morgan fingerprint density at radius 2 is 2.29 bits per heavy atom. The second-order valence-electron chi connectivity index (χ2n) is 3.95. The normalized spacial score (nSPS) is 13.7. The van der Waals surface area contributed by atoms with Crippen LogP contribution in [0.1, 0.15) is 25.8 Å². The molecule has 94 valence electrons. The van der Waals surface area contributed by atoms with Crippen molar-refractivity contribution < 1.29 is 5.21 Å². The molecule has 3 nitrogen and oxygen atoms in total. The molecule has 0 heterocycles. The van der Waals surface area contributed by atoms with Crippen molar-refractivity contribution in [2.75, 3.05) is 5.75 Å². The van der Waals surface area contributed by atoms with Crippen molar-refractivity contribution in [3.8, 4) is 0 Å². The van der Waals surface area contributed by atoms with Crippen molar-refractivity contribution in [3.05, 3.63) is 28.8 Å². The number of hydrogen-bond donors (Lipinski definition) is 2. The van der Waals surface area contributed by atoms with Crippen LogP contribution in [0.5, 0.6) is 0 Å². The highest BCUT2D eigenvalue weighted by Gasteiger charge is 2.07. The zero-order valence-corrected chi connectivity index (χ0v) is 11.6. The van der Waals surface area contributed by atoms with Gasteiger partial charge in [0.15, 0.2) is 5.84 Å². The average Bonchev–Trinajstić information content (AvgIpc) is 2.35. The molecule has 0 saturated carbocycles. The SMILES string of the molecule is CCC(C)CSc1ccc(/C(N)=N/O)c(Cl)c1. The van der Waals surface area contributed by atoms with Crippen LogP contribution in [0.4, 0.5) is 0 Å². The molecule has 1 rings (SSSR count). The zero-order chi connectivity index (χ0) is 12.8. The Hall–Kier alpha value is -0.870. The van der Waals surface area contributed by atoms with E-state index in [1.54, 1.807) is 17.8 Å². The van der Waals surface area contributed by atoms with Gasteiger partial charge in [-0.3, -0.25) is 0 Å². The third kappa shape index (κ3) is 4.13. The Morgan fingerprint density at radius 1 is 1.59 bits per heavy atom. The van der Waals surface area contributed by atoms with Crippen LogP contribution < -0.4 is 5.73 Å². The summed E-state index contributed by atoms with van der Waals surface area (Å²) >= 11 is 7.83. The quantitative estimate of drug-likeness (QED) is 0.283. The first-order valence-corrected chi connectivity index (χ1v) is 6.85. The predicted molar refractivity (Wildman–Crippen MR) is 74.1 cm³/mol. The highest BCUT2D eigenvalue weighted by molar-refractivity contribution is 7.99. The van der Waals surface area contributed by atoms with E-state index in [4.69, 9.17) is 22.5 Å². The fourth-order valence-electron chi connectivity index (χ4n) is 1.20. The van der Waals surface area contributed by atoms with Crippen LogP contribution in [0.3, 0.4) is 0 Å². The first-order valence-electron chi connectivity index (χ1n) is 5.48. The van der Waals surface area contributed by atoms with Crippen molar-refractivity contribution >= 4 is 29.2 Å². The second-order valence-corrected chi connectivity index (χ2v) is 5.45. The van der Waals surface area contributed by atoms with Gasteiger partial charge in [-0.15, -0.1) is 11.8 Å². The third-order valence-electron chi connectivity index (χ3n) is 2.56. The molecule has 0 amide bonds. The van der Waals surface area contributed by atoms with Gasteiger partial charge < -0.3 is 10.9 Å². The summed E-state index contributed by atoms with van der Waals surface area (Å²) < 4.78 is 0. The Balaban J connectivity index is 2.75. The fourth-order valence-corrected chi connectivity index (χ4v) is 2.62. The summed E-state index contributed by atoms with van der Waals surface area (Å²) in [6.45, 7) is 4.40. The maximum Gasteiger partial charge on any atom is 0.171 e. The summed E-state index contributed by atoms with van der Waals surface area (Å²) in [6.07, 6.45) is 1.17. The van der Waals surface area contributed by atoms with Crippen LogP contribution >= 0.6 is 23.4 Å². The van der Waals surface area contributed by atoms with Gasteiger partial charge in [-0.25, -0.2) is 0 Å². The lowest BCUT2D eigenvalue weighted by molar-refractivity contribution is 0.318. The largest absolute Gasteiger partial charge is 0.409 e. The van der Waals surface area contributed by atoms with Crippen molar-refractivity contribution in [1.82, 2.24) is 0 Å². The number of benzene rings is 1. The lowest BCUT2D eigenvalue weighted by Gasteiger charge is -2.09. The smallest absolute Gasteiger partial charge is 0.171 e. The molecule has 0 fully saturated rings. The number of amidine groups is 1. The van der Waals surface area contributed by atoms with Crippen LogP contribution in [-0.4, -0.2) is 16.8 Å². The second kappa shape index (κ2) is 6.77. The molecule has 0 aliphatic rings. The van der Waals surface area contributed by atoms with E-state index in [0.717, 1.165) is 10.6 Å². The monoisotopic (exact) mass is 272 g/mol. The van der Waals surface area contributed by atoms with Crippen LogP contribution in [0, 0.1) is 5.92 Å². The number of nitrogens with two attached hydrogens (primary N) is 1. The molecule has 0 saturated heterocycles. The number of halogens is 1. The molecule has 3 N–H and O–H groups in total. The highest BCUT2D eigenvalue weighted by atomic mass is 35.5. The molecule has 0 aliphatic carbocycles. The molecule has 0 spiro atoms. The number of hydrogen-bond acceptors (Lipinski definition) is 3. The van der Waals surface area contributed by atoms with E-state index in [0.29, 0.717) is 16.5 Å². The van der Waals surface area contributed by atoms with E-state index >= 15 is 0 Å². The van der Waals surface area contributed by atoms with E-state index in [2.05, 4.69) is 19.0 Å². The average molecular weight is 273 g/mol. The van der Waals surface area contributed by atoms with Crippen molar-refractivity contribution in [2.24, 2.45) is 16.8 Å². The zero-order valence-electron chi connectivity index (χ0n) is 9.98. The minimum Gasteiger partial charge on any atom is -0.409 e. The number of rotatable bonds is 5. The molecule has 17 heavy (non-hydrogen) atoms. The van der Waals surface area contributed by atoms with E-state index in [9.17, 15) is 0 Å². The van der Waals surface area contributed by atoms with Crippen LogP contribution in [0.15, 0.2) is 28.3 Å². The van der Waals surface area contributed by atoms with Gasteiger partial charge in [0.2, 0.25) is 0 Å². The van der Waals surface area contributed by atoms with Gasteiger partial charge in [0, 0.05) is 16.2 Å². The van der Waals surface area contributed by atoms with Gasteiger partial charge in [-0.05, 0) is 24.1 Å². The molecule has 1 aromatic carbocycles. The lowest BCUT2D eigenvalue weighted by atomic mass is 10.2.